The van der Waals surface area contributed by atoms with E-state index in [-0.39, 0.29) is 5.75 Å². The van der Waals surface area contributed by atoms with Gasteiger partial charge in [-0.3, -0.25) is 4.79 Å². The molecule has 0 heterocycles. The zero-order valence-electron chi connectivity index (χ0n) is 16.4. The molecule has 2 N–H and O–H groups in total. The Morgan fingerprint density at radius 2 is 1.81 bits per heavy atom. The number of hydrazone groups is 1. The molecular formula is C23H18Br2N2O4. The van der Waals surface area contributed by atoms with E-state index >= 15 is 0 Å². The highest BCUT2D eigenvalue weighted by Gasteiger charge is 2.17. The van der Waals surface area contributed by atoms with Gasteiger partial charge >= 0.3 is 5.97 Å². The van der Waals surface area contributed by atoms with Crippen LogP contribution in [0, 0.1) is 6.92 Å². The van der Waals surface area contributed by atoms with Crippen LogP contribution < -0.4 is 10.2 Å². The van der Waals surface area contributed by atoms with Crippen LogP contribution in [0.3, 0.4) is 0 Å². The quantitative estimate of drug-likeness (QED) is 0.199. The Kier molecular flexibility index (Phi) is 7.73. The van der Waals surface area contributed by atoms with Crippen LogP contribution in [0.5, 0.6) is 5.75 Å². The molecule has 0 aliphatic carbocycles. The Morgan fingerprint density at radius 3 is 2.52 bits per heavy atom. The fourth-order valence-electron chi connectivity index (χ4n) is 2.72. The number of amides is 1. The molecule has 0 bridgehead atoms. The molecule has 0 unspecified atom stereocenters. The lowest BCUT2D eigenvalue weighted by atomic mass is 10.1. The number of carbonyl (C=O) groups is 2. The lowest BCUT2D eigenvalue weighted by Gasteiger charge is -2.11. The maximum Gasteiger partial charge on any atom is 0.343 e. The first-order valence-corrected chi connectivity index (χ1v) is 10.8. The van der Waals surface area contributed by atoms with Gasteiger partial charge in [-0.25, -0.2) is 10.2 Å². The van der Waals surface area contributed by atoms with Crippen molar-refractivity contribution < 1.29 is 19.4 Å². The van der Waals surface area contributed by atoms with Gasteiger partial charge < -0.3 is 9.84 Å². The minimum absolute atomic E-state index is 0.247. The Labute approximate surface area is 196 Å². The summed E-state index contributed by atoms with van der Waals surface area (Å²) in [4.78, 5) is 24.8. The Hall–Kier alpha value is -2.81. The molecule has 3 aromatic carbocycles. The molecule has 0 aromatic heterocycles. The summed E-state index contributed by atoms with van der Waals surface area (Å²) in [5.41, 5.74) is 4.54. The van der Waals surface area contributed by atoms with Gasteiger partial charge in [-0.2, -0.15) is 5.10 Å². The van der Waals surface area contributed by atoms with E-state index in [0.29, 0.717) is 25.6 Å². The fraction of sp³-hybridized carbons (Fsp3) is 0.0870. The average molecular weight is 546 g/mol. The van der Waals surface area contributed by atoms with Crippen molar-refractivity contribution in [1.29, 1.82) is 0 Å². The first-order valence-electron chi connectivity index (χ1n) is 9.19. The number of esters is 1. The second-order valence-corrected chi connectivity index (χ2v) is 8.38. The van der Waals surface area contributed by atoms with Crippen LogP contribution in [-0.2, 0) is 4.79 Å². The minimum atomic E-state index is -1.36. The number of ether oxygens (including phenoxy) is 1. The van der Waals surface area contributed by atoms with Crippen LogP contribution in [0.2, 0.25) is 0 Å². The van der Waals surface area contributed by atoms with Gasteiger partial charge in [0.05, 0.1) is 16.3 Å². The number of benzene rings is 3. The molecule has 3 aromatic rings. The third-order valence-corrected chi connectivity index (χ3v) is 5.27. The minimum Gasteiger partial charge on any atom is -0.421 e. The second-order valence-electron chi connectivity index (χ2n) is 6.61. The van der Waals surface area contributed by atoms with Crippen molar-refractivity contribution in [3.63, 3.8) is 0 Å². The summed E-state index contributed by atoms with van der Waals surface area (Å²) in [6, 6.07) is 19.0. The van der Waals surface area contributed by atoms with Gasteiger partial charge in [-0.05, 0) is 52.7 Å². The van der Waals surface area contributed by atoms with Gasteiger partial charge in [0.25, 0.3) is 5.91 Å². The number of nitrogens with zero attached hydrogens (tertiary/aromatic N) is 1. The van der Waals surface area contributed by atoms with Crippen LogP contribution in [0.4, 0.5) is 0 Å². The Bertz CT molecular complexity index is 1130. The summed E-state index contributed by atoms with van der Waals surface area (Å²) in [5.74, 6) is -0.962. The van der Waals surface area contributed by atoms with Gasteiger partial charge in [-0.1, -0.05) is 64.0 Å². The predicted octanol–water partition coefficient (Wildman–Crippen LogP) is 4.92. The molecule has 0 radical (unpaired) electrons. The molecule has 0 aliphatic heterocycles. The predicted molar refractivity (Wildman–Crippen MR) is 125 cm³/mol. The third-order valence-electron chi connectivity index (χ3n) is 4.23. The van der Waals surface area contributed by atoms with E-state index in [1.807, 2.05) is 13.0 Å². The maximum atomic E-state index is 12.6. The van der Waals surface area contributed by atoms with Crippen LogP contribution in [0.15, 0.2) is 80.8 Å². The first-order chi connectivity index (χ1) is 14.8. The van der Waals surface area contributed by atoms with E-state index in [9.17, 15) is 14.7 Å². The standard InChI is InChI=1S/C23H18Br2N2O4/c1-14-6-5-9-16(10-14)23(30)31-21-17(11-18(24)12-19(21)25)13-26-27-22(29)20(28)15-7-3-2-4-8-15/h2-13,20,28H,1H3,(H,27,29)/b26-13-/t20-/m1/s1. The highest BCUT2D eigenvalue weighted by Crippen LogP contribution is 2.32. The summed E-state index contributed by atoms with van der Waals surface area (Å²) < 4.78 is 6.83. The molecule has 0 saturated heterocycles. The van der Waals surface area contributed by atoms with Gasteiger partial charge in [0.2, 0.25) is 0 Å². The highest BCUT2D eigenvalue weighted by molar-refractivity contribution is 9.11. The molecule has 6 nitrogen and oxygen atoms in total. The van der Waals surface area contributed by atoms with Gasteiger partial charge in [-0.15, -0.1) is 0 Å². The molecule has 0 aliphatic rings. The Morgan fingerprint density at radius 1 is 1.06 bits per heavy atom. The lowest BCUT2D eigenvalue weighted by molar-refractivity contribution is -0.129. The number of nitrogens with one attached hydrogen (secondary N) is 1. The van der Waals surface area contributed by atoms with Crippen LogP contribution >= 0.6 is 31.9 Å². The number of hydrogen-bond donors (Lipinski definition) is 2. The molecule has 1 atom stereocenters. The summed E-state index contributed by atoms with van der Waals surface area (Å²) in [6.07, 6.45) is -0.0181. The molecule has 31 heavy (non-hydrogen) atoms. The van der Waals surface area contributed by atoms with Crippen molar-refractivity contribution in [3.05, 3.63) is 97.9 Å². The molecular weight excluding hydrogens is 528 g/mol. The summed E-state index contributed by atoms with van der Waals surface area (Å²) in [6.45, 7) is 1.89. The van der Waals surface area contributed by atoms with Crippen molar-refractivity contribution in [2.45, 2.75) is 13.0 Å². The lowest BCUT2D eigenvalue weighted by Crippen LogP contribution is -2.25. The molecule has 0 fully saturated rings. The molecule has 158 valence electrons. The second kappa shape index (κ2) is 10.5. The SMILES string of the molecule is Cc1cccc(C(=O)Oc2c(Br)cc(Br)cc2/C=N\NC(=O)[C@H](O)c2ccccc2)c1. The van der Waals surface area contributed by atoms with E-state index in [2.05, 4.69) is 42.4 Å². The van der Waals surface area contributed by atoms with Crippen LogP contribution in [0.25, 0.3) is 0 Å². The summed E-state index contributed by atoms with van der Waals surface area (Å²) >= 11 is 6.77. The van der Waals surface area contributed by atoms with Crippen LogP contribution in [-0.4, -0.2) is 23.2 Å². The summed E-state index contributed by atoms with van der Waals surface area (Å²) in [7, 11) is 0. The zero-order valence-corrected chi connectivity index (χ0v) is 19.6. The molecule has 0 saturated carbocycles. The van der Waals surface area contributed by atoms with Crippen LogP contribution in [0.1, 0.15) is 33.2 Å². The van der Waals surface area contributed by atoms with Gasteiger partial charge in [0.15, 0.2) is 11.9 Å². The smallest absolute Gasteiger partial charge is 0.343 e. The van der Waals surface area contributed by atoms with E-state index in [1.165, 1.54) is 6.21 Å². The molecule has 8 heteroatoms. The van der Waals surface area contributed by atoms with E-state index in [1.54, 1.807) is 60.7 Å². The zero-order chi connectivity index (χ0) is 22.4. The monoisotopic (exact) mass is 544 g/mol. The van der Waals surface area contributed by atoms with Crippen molar-refractivity contribution in [3.8, 4) is 5.75 Å². The van der Waals surface area contributed by atoms with Gasteiger partial charge in [0.1, 0.15) is 0 Å². The van der Waals surface area contributed by atoms with E-state index in [0.717, 1.165) is 5.56 Å². The van der Waals surface area contributed by atoms with Crippen molar-refractivity contribution in [1.82, 2.24) is 5.43 Å². The van der Waals surface area contributed by atoms with Gasteiger partial charge in [0, 0.05) is 10.0 Å². The third kappa shape index (κ3) is 6.10. The number of aryl methyl sites for hydroxylation is 1. The number of hydrogen-bond acceptors (Lipinski definition) is 5. The number of carbonyl (C=O) groups excluding carboxylic acids is 2. The molecule has 1 amide bonds. The number of rotatable bonds is 6. The number of halogens is 2. The summed E-state index contributed by atoms with van der Waals surface area (Å²) in [5, 5.41) is 14.0. The maximum absolute atomic E-state index is 12.6. The van der Waals surface area contributed by atoms with Crippen molar-refractivity contribution in [2.75, 3.05) is 0 Å². The topological polar surface area (TPSA) is 88.0 Å². The Balaban J connectivity index is 1.78. The molecule has 3 rings (SSSR count). The van der Waals surface area contributed by atoms with E-state index in [4.69, 9.17) is 4.74 Å². The number of aliphatic hydroxyl groups excluding tert-OH is 1. The average Bonchev–Trinajstić information content (AvgIpc) is 2.75. The van der Waals surface area contributed by atoms with E-state index < -0.39 is 18.0 Å². The van der Waals surface area contributed by atoms with Crippen molar-refractivity contribution >= 4 is 50.0 Å². The first kappa shape index (κ1) is 22.9. The van der Waals surface area contributed by atoms with Crippen molar-refractivity contribution in [2.24, 2.45) is 5.10 Å². The largest absolute Gasteiger partial charge is 0.421 e. The fourth-order valence-corrected chi connectivity index (χ4v) is 4.06. The molecule has 0 spiro atoms. The highest BCUT2D eigenvalue weighted by atomic mass is 79.9. The normalized spacial score (nSPS) is 11.9. The number of aliphatic hydroxyl groups is 1.